The Bertz CT molecular complexity index is 1140. The van der Waals surface area contributed by atoms with E-state index in [9.17, 15) is 14.4 Å². The predicted molar refractivity (Wildman–Crippen MR) is 115 cm³/mol. The van der Waals surface area contributed by atoms with Crippen LogP contribution in [0.15, 0.2) is 46.5 Å². The Morgan fingerprint density at radius 1 is 1.16 bits per heavy atom. The minimum Gasteiger partial charge on any atom is -0.491 e. The van der Waals surface area contributed by atoms with E-state index < -0.39 is 0 Å². The zero-order chi connectivity index (χ0) is 22.4. The lowest BCUT2D eigenvalue weighted by molar-refractivity contribution is -0.117. The standard InChI is InChI=1S/C19H21N7O4S/c1-12(27)20-13-4-6-14(7-5-13)21-18(29)10-26-9-17(30-3)16(28)8-15(26)11-31-19-22-23-24-25(19)2/h4-9H,10-11H2,1-3H3,(H,20,27)(H,21,29). The van der Waals surface area contributed by atoms with Gasteiger partial charge in [-0.15, -0.1) is 5.10 Å². The van der Waals surface area contributed by atoms with E-state index in [-0.39, 0.29) is 29.5 Å². The third-order valence-electron chi connectivity index (χ3n) is 4.14. The number of rotatable bonds is 8. The van der Waals surface area contributed by atoms with E-state index in [0.717, 1.165) is 0 Å². The minimum absolute atomic E-state index is 0.0307. The summed E-state index contributed by atoms with van der Waals surface area (Å²) >= 11 is 1.34. The molecule has 0 bridgehead atoms. The second kappa shape index (κ2) is 9.89. The Labute approximate surface area is 181 Å². The monoisotopic (exact) mass is 443 g/mol. The second-order valence-electron chi connectivity index (χ2n) is 6.51. The van der Waals surface area contributed by atoms with E-state index in [1.807, 2.05) is 0 Å². The highest BCUT2D eigenvalue weighted by Crippen LogP contribution is 2.20. The molecule has 0 saturated carbocycles. The molecule has 12 heteroatoms. The molecule has 11 nitrogen and oxygen atoms in total. The van der Waals surface area contributed by atoms with Crippen LogP contribution in [-0.4, -0.2) is 43.7 Å². The van der Waals surface area contributed by atoms with Crippen LogP contribution in [0.1, 0.15) is 12.6 Å². The van der Waals surface area contributed by atoms with Gasteiger partial charge in [-0.2, -0.15) is 0 Å². The summed E-state index contributed by atoms with van der Waals surface area (Å²) in [5.74, 6) is 0.0594. The number of nitrogens with zero attached hydrogens (tertiary/aromatic N) is 5. The number of pyridine rings is 1. The van der Waals surface area contributed by atoms with Gasteiger partial charge in [0.05, 0.1) is 13.3 Å². The van der Waals surface area contributed by atoms with Crippen molar-refractivity contribution in [3.05, 3.63) is 52.4 Å². The molecule has 0 aliphatic heterocycles. The molecular weight excluding hydrogens is 422 g/mol. The van der Waals surface area contributed by atoms with Crippen LogP contribution in [0, 0.1) is 0 Å². The fraction of sp³-hybridized carbons (Fsp3) is 0.263. The van der Waals surface area contributed by atoms with Crippen molar-refractivity contribution in [3.63, 3.8) is 0 Å². The molecule has 0 fully saturated rings. The van der Waals surface area contributed by atoms with E-state index in [1.54, 1.807) is 35.9 Å². The summed E-state index contributed by atoms with van der Waals surface area (Å²) in [7, 11) is 3.12. The first kappa shape index (κ1) is 22.0. The summed E-state index contributed by atoms with van der Waals surface area (Å²) < 4.78 is 8.28. The van der Waals surface area contributed by atoms with Crippen LogP contribution in [-0.2, 0) is 28.9 Å². The van der Waals surface area contributed by atoms with E-state index in [1.165, 1.54) is 42.7 Å². The molecule has 2 heterocycles. The van der Waals surface area contributed by atoms with Crippen LogP contribution >= 0.6 is 11.8 Å². The minimum atomic E-state index is -0.287. The van der Waals surface area contributed by atoms with Gasteiger partial charge >= 0.3 is 0 Å². The summed E-state index contributed by atoms with van der Waals surface area (Å²) in [5, 5.41) is 17.3. The molecule has 3 aromatic rings. The Morgan fingerprint density at radius 2 is 1.84 bits per heavy atom. The zero-order valence-corrected chi connectivity index (χ0v) is 18.0. The number of carbonyl (C=O) groups excluding carboxylic acids is 2. The number of thioether (sulfide) groups is 1. The summed E-state index contributed by atoms with van der Waals surface area (Å²) in [5.41, 5.74) is 1.55. The number of nitrogens with one attached hydrogen (secondary N) is 2. The van der Waals surface area contributed by atoms with Gasteiger partial charge < -0.3 is 19.9 Å². The number of amides is 2. The van der Waals surface area contributed by atoms with Gasteiger partial charge in [0, 0.05) is 42.9 Å². The number of carbonyl (C=O) groups is 2. The average Bonchev–Trinajstić information content (AvgIpc) is 3.13. The number of ether oxygens (including phenoxy) is 1. The van der Waals surface area contributed by atoms with Crippen molar-refractivity contribution >= 4 is 35.0 Å². The fourth-order valence-corrected chi connectivity index (χ4v) is 3.54. The molecular formula is C19H21N7O4S. The average molecular weight is 443 g/mol. The maximum absolute atomic E-state index is 12.6. The summed E-state index contributed by atoms with van der Waals surface area (Å²) in [6.45, 7) is 1.39. The molecule has 162 valence electrons. The van der Waals surface area contributed by atoms with Gasteiger partial charge in [0.25, 0.3) is 0 Å². The zero-order valence-electron chi connectivity index (χ0n) is 17.2. The third-order valence-corrected chi connectivity index (χ3v) is 5.18. The molecule has 0 saturated heterocycles. The van der Waals surface area contributed by atoms with Gasteiger partial charge in [0.1, 0.15) is 6.54 Å². The predicted octanol–water partition coefficient (Wildman–Crippen LogP) is 1.27. The molecule has 3 rings (SSSR count). The van der Waals surface area contributed by atoms with Crippen molar-refractivity contribution in [2.45, 2.75) is 24.4 Å². The molecule has 0 atom stereocenters. The normalized spacial score (nSPS) is 10.5. The number of benzene rings is 1. The number of tetrazole rings is 1. The lowest BCUT2D eigenvalue weighted by atomic mass is 10.2. The first-order valence-electron chi connectivity index (χ1n) is 9.15. The quantitative estimate of drug-likeness (QED) is 0.497. The fourth-order valence-electron chi connectivity index (χ4n) is 2.70. The summed E-state index contributed by atoms with van der Waals surface area (Å²) in [4.78, 5) is 35.9. The van der Waals surface area contributed by atoms with Crippen LogP contribution in [0.2, 0.25) is 0 Å². The third kappa shape index (κ3) is 5.92. The Kier molecular flexibility index (Phi) is 7.03. The maximum atomic E-state index is 12.6. The van der Waals surface area contributed by atoms with Gasteiger partial charge in [-0.05, 0) is 34.7 Å². The van der Waals surface area contributed by atoms with E-state index in [0.29, 0.717) is 28.0 Å². The maximum Gasteiger partial charge on any atom is 0.244 e. The van der Waals surface area contributed by atoms with E-state index in [4.69, 9.17) is 4.74 Å². The Morgan fingerprint density at radius 3 is 2.42 bits per heavy atom. The molecule has 2 aromatic heterocycles. The van der Waals surface area contributed by atoms with Crippen molar-refractivity contribution < 1.29 is 14.3 Å². The number of hydrogen-bond donors (Lipinski definition) is 2. The van der Waals surface area contributed by atoms with E-state index in [2.05, 4.69) is 26.2 Å². The molecule has 0 radical (unpaired) electrons. The highest BCUT2D eigenvalue weighted by Gasteiger charge is 2.13. The van der Waals surface area contributed by atoms with Crippen LogP contribution in [0.3, 0.4) is 0 Å². The lowest BCUT2D eigenvalue weighted by Crippen LogP contribution is -2.22. The van der Waals surface area contributed by atoms with Crippen molar-refractivity contribution in [1.29, 1.82) is 0 Å². The Hall–Kier alpha value is -3.67. The summed E-state index contributed by atoms with van der Waals surface area (Å²) in [6, 6.07) is 8.19. The largest absolute Gasteiger partial charge is 0.491 e. The number of anilines is 2. The molecule has 0 unspecified atom stereocenters. The van der Waals surface area contributed by atoms with Gasteiger partial charge in [0.2, 0.25) is 22.4 Å². The topological polar surface area (TPSA) is 133 Å². The molecule has 0 aliphatic rings. The number of methoxy groups -OCH3 is 1. The molecule has 2 N–H and O–H groups in total. The van der Waals surface area contributed by atoms with Gasteiger partial charge in [-0.1, -0.05) is 11.8 Å². The van der Waals surface area contributed by atoms with Gasteiger partial charge in [-0.25, -0.2) is 4.68 Å². The smallest absolute Gasteiger partial charge is 0.244 e. The number of hydrogen-bond acceptors (Lipinski definition) is 8. The first-order valence-corrected chi connectivity index (χ1v) is 10.1. The molecule has 0 spiro atoms. The van der Waals surface area contributed by atoms with Crippen LogP contribution in [0.4, 0.5) is 11.4 Å². The van der Waals surface area contributed by atoms with Crippen molar-refractivity contribution in [2.24, 2.45) is 7.05 Å². The number of aryl methyl sites for hydroxylation is 1. The van der Waals surface area contributed by atoms with E-state index >= 15 is 0 Å². The van der Waals surface area contributed by atoms with Gasteiger partial charge in [-0.3, -0.25) is 14.4 Å². The summed E-state index contributed by atoms with van der Waals surface area (Å²) in [6.07, 6.45) is 1.51. The van der Waals surface area contributed by atoms with Crippen molar-refractivity contribution in [3.8, 4) is 5.75 Å². The highest BCUT2D eigenvalue weighted by atomic mass is 32.2. The van der Waals surface area contributed by atoms with Gasteiger partial charge in [0.15, 0.2) is 5.75 Å². The van der Waals surface area contributed by atoms with Crippen LogP contribution < -0.4 is 20.8 Å². The van der Waals surface area contributed by atoms with Crippen LogP contribution in [0.5, 0.6) is 5.75 Å². The molecule has 1 aromatic carbocycles. The number of aromatic nitrogens is 5. The Balaban J connectivity index is 1.73. The van der Waals surface area contributed by atoms with Crippen molar-refractivity contribution in [1.82, 2.24) is 24.8 Å². The lowest BCUT2D eigenvalue weighted by Gasteiger charge is -2.15. The highest BCUT2D eigenvalue weighted by molar-refractivity contribution is 7.98. The molecule has 0 aliphatic carbocycles. The second-order valence-corrected chi connectivity index (χ2v) is 7.45. The van der Waals surface area contributed by atoms with Crippen LogP contribution in [0.25, 0.3) is 0 Å². The first-order chi connectivity index (χ1) is 14.9. The van der Waals surface area contributed by atoms with Crippen molar-refractivity contribution in [2.75, 3.05) is 17.7 Å². The SMILES string of the molecule is COc1cn(CC(=O)Nc2ccc(NC(C)=O)cc2)c(CSc2nnnn2C)cc1=O. The molecule has 31 heavy (non-hydrogen) atoms. The molecule has 2 amide bonds.